The van der Waals surface area contributed by atoms with Gasteiger partial charge in [0.15, 0.2) is 0 Å². The van der Waals surface area contributed by atoms with E-state index in [-0.39, 0.29) is 11.4 Å². The third-order valence-corrected chi connectivity index (χ3v) is 11.6. The van der Waals surface area contributed by atoms with Crippen LogP contribution < -0.4 is 14.8 Å². The quantitative estimate of drug-likeness (QED) is 0.140. The van der Waals surface area contributed by atoms with Crippen LogP contribution in [0.2, 0.25) is 5.02 Å². The first-order valence-corrected chi connectivity index (χ1v) is 18.0. The fourth-order valence-corrected chi connectivity index (χ4v) is 8.99. The highest BCUT2D eigenvalue weighted by molar-refractivity contribution is 7.17. The molecule has 1 spiro atoms. The molecule has 8 heteroatoms. The third-order valence-electron chi connectivity index (χ3n) is 10.4. The Morgan fingerprint density at radius 2 is 1.83 bits per heavy atom. The summed E-state index contributed by atoms with van der Waals surface area (Å²) in [5.74, 6) is 2.28. The van der Waals surface area contributed by atoms with E-state index < -0.39 is 5.54 Å². The van der Waals surface area contributed by atoms with Crippen LogP contribution in [0.15, 0.2) is 96.5 Å². The maximum Gasteiger partial charge on any atom is 0.331 e. The van der Waals surface area contributed by atoms with Crippen LogP contribution in [0.3, 0.4) is 0 Å². The highest BCUT2D eigenvalue weighted by Crippen LogP contribution is 2.57. The highest BCUT2D eigenvalue weighted by atomic mass is 35.5. The molecular weight excluding hydrogens is 640 g/mol. The van der Waals surface area contributed by atoms with Crippen molar-refractivity contribution in [2.75, 3.05) is 19.0 Å². The molecule has 0 aliphatic heterocycles. The smallest absolute Gasteiger partial charge is 0.331 e. The summed E-state index contributed by atoms with van der Waals surface area (Å²) in [6.45, 7) is 3.44. The van der Waals surface area contributed by atoms with Crippen molar-refractivity contribution in [3.05, 3.63) is 118 Å². The van der Waals surface area contributed by atoms with Crippen molar-refractivity contribution >= 4 is 44.8 Å². The Morgan fingerprint density at radius 1 is 1.00 bits per heavy atom. The van der Waals surface area contributed by atoms with E-state index in [1.54, 1.807) is 11.3 Å². The predicted octanol–water partition coefficient (Wildman–Crippen LogP) is 9.64. The maximum absolute atomic E-state index is 13.5. The van der Waals surface area contributed by atoms with Crippen LogP contribution in [0, 0.1) is 11.8 Å². The second kappa shape index (κ2) is 13.8. The van der Waals surface area contributed by atoms with Crippen LogP contribution in [0.1, 0.15) is 55.7 Å². The van der Waals surface area contributed by atoms with Gasteiger partial charge in [0.2, 0.25) is 0 Å². The summed E-state index contributed by atoms with van der Waals surface area (Å²) in [6.07, 6.45) is 6.83. The van der Waals surface area contributed by atoms with E-state index in [1.807, 2.05) is 60.8 Å². The van der Waals surface area contributed by atoms with Crippen molar-refractivity contribution in [3.63, 3.8) is 0 Å². The Bertz CT molecular complexity index is 1890. The fourth-order valence-electron chi connectivity index (χ4n) is 7.98. The van der Waals surface area contributed by atoms with E-state index in [1.165, 1.54) is 18.2 Å². The fraction of sp³-hybridized carbons (Fsp3) is 0.350. The number of fused-ring (bicyclic) bond motifs is 3. The molecule has 0 amide bonds. The number of carbonyl (C=O) groups excluding carboxylic acids is 1. The molecule has 2 aromatic heterocycles. The van der Waals surface area contributed by atoms with Crippen molar-refractivity contribution in [3.8, 4) is 11.5 Å². The molecule has 3 aromatic carbocycles. The first-order chi connectivity index (χ1) is 23.4. The summed E-state index contributed by atoms with van der Waals surface area (Å²) in [5.41, 5.74) is 4.75. The van der Waals surface area contributed by atoms with Crippen LogP contribution in [-0.4, -0.2) is 30.2 Å². The molecule has 5 aromatic rings. The van der Waals surface area contributed by atoms with Gasteiger partial charge < -0.3 is 19.5 Å². The molecule has 2 heterocycles. The number of carbonyl (C=O) groups is 1. The highest BCUT2D eigenvalue weighted by Gasteiger charge is 2.54. The number of anilines is 1. The average molecular weight is 681 g/mol. The lowest BCUT2D eigenvalue weighted by Crippen LogP contribution is -2.53. The number of benzene rings is 3. The third kappa shape index (κ3) is 6.50. The van der Waals surface area contributed by atoms with E-state index in [2.05, 4.69) is 52.9 Å². The maximum atomic E-state index is 13.5. The number of rotatable bonds is 11. The van der Waals surface area contributed by atoms with Gasteiger partial charge in [0, 0.05) is 16.9 Å². The Morgan fingerprint density at radius 3 is 2.62 bits per heavy atom. The molecule has 2 aliphatic carbocycles. The SMILES string of the molecule is COC(=O)C1(Nc2cccc(Cl)c2)CCC2(CC1)c1cc(OCc3ccccc3)ccc1C[C@H]2C[C@@H](C)COc1ccnc2ccsc12. The van der Waals surface area contributed by atoms with Crippen molar-refractivity contribution in [1.82, 2.24) is 4.98 Å². The average Bonchev–Trinajstić information content (AvgIpc) is 3.71. The van der Waals surface area contributed by atoms with E-state index in [0.717, 1.165) is 58.6 Å². The van der Waals surface area contributed by atoms with Crippen LogP contribution in [0.4, 0.5) is 5.69 Å². The van der Waals surface area contributed by atoms with Gasteiger partial charge in [-0.2, -0.15) is 0 Å². The van der Waals surface area contributed by atoms with Crippen LogP contribution in [0.25, 0.3) is 10.2 Å². The van der Waals surface area contributed by atoms with E-state index in [9.17, 15) is 4.79 Å². The Kier molecular flexibility index (Phi) is 9.34. The first-order valence-electron chi connectivity index (χ1n) is 16.7. The molecule has 7 rings (SSSR count). The summed E-state index contributed by atoms with van der Waals surface area (Å²) in [7, 11) is 1.48. The second-order valence-electron chi connectivity index (χ2n) is 13.5. The van der Waals surface area contributed by atoms with Crippen molar-refractivity contribution in [1.29, 1.82) is 0 Å². The lowest BCUT2D eigenvalue weighted by molar-refractivity contribution is -0.148. The number of esters is 1. The summed E-state index contributed by atoms with van der Waals surface area (Å²) in [6, 6.07) is 28.5. The molecule has 0 radical (unpaired) electrons. The number of nitrogens with zero attached hydrogens (tertiary/aromatic N) is 1. The van der Waals surface area contributed by atoms with Crippen LogP contribution in [0.5, 0.6) is 11.5 Å². The molecule has 2 atom stereocenters. The molecule has 6 nitrogen and oxygen atoms in total. The largest absolute Gasteiger partial charge is 0.492 e. The zero-order chi connectivity index (χ0) is 33.1. The lowest BCUT2D eigenvalue weighted by atomic mass is 9.59. The van der Waals surface area contributed by atoms with Crippen molar-refractivity contribution in [2.45, 2.75) is 63.0 Å². The van der Waals surface area contributed by atoms with Gasteiger partial charge in [-0.3, -0.25) is 4.98 Å². The Hall–Kier alpha value is -4.07. The Balaban J connectivity index is 1.15. The number of methoxy groups -OCH3 is 1. The van der Waals surface area contributed by atoms with E-state index in [4.69, 9.17) is 25.8 Å². The normalized spacial score (nSPS) is 22.3. The van der Waals surface area contributed by atoms with Gasteiger partial charge in [-0.25, -0.2) is 4.79 Å². The van der Waals surface area contributed by atoms with E-state index in [0.29, 0.717) is 42.9 Å². The molecule has 48 heavy (non-hydrogen) atoms. The standard InChI is InChI=1S/C40H41ClN2O4S/c1-27(25-47-36-13-19-42-35-14-20-48-37(35)36)21-30-22-29-11-12-33(46-26-28-7-4-3-5-8-28)24-34(29)39(30)15-17-40(18-16-39,38(44)45-2)43-32-10-6-9-31(41)23-32/h3-14,19-20,23-24,27,30,43H,15-18,21-22,25-26H2,1-2H3/t27-,30-,39?,40?/m1/s1. The summed E-state index contributed by atoms with van der Waals surface area (Å²) in [5, 5.41) is 6.25. The zero-order valence-electron chi connectivity index (χ0n) is 27.4. The predicted molar refractivity (Wildman–Crippen MR) is 193 cm³/mol. The topological polar surface area (TPSA) is 69.7 Å². The monoisotopic (exact) mass is 680 g/mol. The van der Waals surface area contributed by atoms with Gasteiger partial charge in [-0.05, 0) is 120 Å². The zero-order valence-corrected chi connectivity index (χ0v) is 29.0. The number of thiophene rings is 1. The lowest BCUT2D eigenvalue weighted by Gasteiger charge is -2.47. The van der Waals surface area contributed by atoms with Crippen molar-refractivity contribution in [2.24, 2.45) is 11.8 Å². The van der Waals surface area contributed by atoms with Gasteiger partial charge in [0.1, 0.15) is 23.6 Å². The minimum absolute atomic E-state index is 0.0963. The molecule has 1 N–H and O–H groups in total. The second-order valence-corrected chi connectivity index (χ2v) is 14.8. The summed E-state index contributed by atoms with van der Waals surface area (Å²) >= 11 is 8.00. The molecule has 1 saturated carbocycles. The number of pyridine rings is 1. The van der Waals surface area contributed by atoms with Gasteiger partial charge >= 0.3 is 5.97 Å². The summed E-state index contributed by atoms with van der Waals surface area (Å²) in [4.78, 5) is 18.0. The van der Waals surface area contributed by atoms with Gasteiger partial charge in [-0.15, -0.1) is 11.3 Å². The van der Waals surface area contributed by atoms with Crippen LogP contribution in [-0.2, 0) is 28.0 Å². The van der Waals surface area contributed by atoms with Crippen molar-refractivity contribution < 1.29 is 19.0 Å². The molecule has 1 fully saturated rings. The number of aromatic nitrogens is 1. The Labute approximate surface area is 291 Å². The molecule has 248 valence electrons. The molecular formula is C40H41ClN2O4S. The van der Waals surface area contributed by atoms with Gasteiger partial charge in [-0.1, -0.05) is 61.0 Å². The minimum atomic E-state index is -0.832. The van der Waals surface area contributed by atoms with Crippen LogP contribution >= 0.6 is 22.9 Å². The number of ether oxygens (including phenoxy) is 3. The number of nitrogens with one attached hydrogen (secondary N) is 1. The molecule has 0 bridgehead atoms. The number of hydrogen-bond donors (Lipinski definition) is 1. The minimum Gasteiger partial charge on any atom is -0.492 e. The number of halogens is 1. The van der Waals surface area contributed by atoms with E-state index >= 15 is 0 Å². The van der Waals surface area contributed by atoms with Gasteiger partial charge in [0.25, 0.3) is 0 Å². The molecule has 0 saturated heterocycles. The first kappa shape index (κ1) is 32.5. The molecule has 0 unspecified atom stereocenters. The number of hydrogen-bond acceptors (Lipinski definition) is 7. The van der Waals surface area contributed by atoms with Gasteiger partial charge in [0.05, 0.1) is 23.9 Å². The molecule has 2 aliphatic rings. The summed E-state index contributed by atoms with van der Waals surface area (Å²) < 4.78 is 19.3.